The average Bonchev–Trinajstić information content (AvgIpc) is 2.70. The second-order valence-corrected chi connectivity index (χ2v) is 5.61. The van der Waals surface area contributed by atoms with E-state index in [2.05, 4.69) is 15.0 Å². The monoisotopic (exact) mass is 284 g/mol. The predicted molar refractivity (Wildman–Crippen MR) is 73.0 cm³/mol. The molecule has 0 aliphatic carbocycles. The van der Waals surface area contributed by atoms with Gasteiger partial charge in [-0.25, -0.2) is 14.6 Å². The van der Waals surface area contributed by atoms with E-state index in [1.807, 2.05) is 0 Å². The fourth-order valence-electron chi connectivity index (χ4n) is 1.03. The molecule has 0 saturated carbocycles. The van der Waals surface area contributed by atoms with E-state index in [1.54, 1.807) is 26.8 Å². The van der Waals surface area contributed by atoms with Crippen LogP contribution in [0.1, 0.15) is 25.6 Å². The Morgan fingerprint density at radius 2 is 2.11 bits per heavy atom. The van der Waals surface area contributed by atoms with Gasteiger partial charge in [-0.15, -0.1) is 0 Å². The lowest BCUT2D eigenvalue weighted by molar-refractivity contribution is -0.134. The number of methoxy groups -OCH3 is 1. The number of hydrogen-bond acceptors (Lipinski definition) is 6. The molecule has 0 saturated heterocycles. The Bertz CT molecular complexity index is 488. The summed E-state index contributed by atoms with van der Waals surface area (Å²) in [6.45, 7) is 5.33. The molecule has 0 atom stereocenters. The Labute approximate surface area is 115 Å². The van der Waals surface area contributed by atoms with Crippen LogP contribution in [-0.4, -0.2) is 29.8 Å². The normalized spacial score (nSPS) is 11.4. The number of aromatic nitrogens is 1. The number of esters is 1. The molecule has 19 heavy (non-hydrogen) atoms. The fraction of sp³-hybridized carbons (Fsp3) is 0.417. The van der Waals surface area contributed by atoms with Crippen molar-refractivity contribution in [2.24, 2.45) is 0 Å². The molecule has 0 fully saturated rings. The van der Waals surface area contributed by atoms with Crippen LogP contribution in [0.4, 0.5) is 9.93 Å². The molecule has 1 N–H and O–H groups in total. The number of thiazole rings is 1. The molecular weight excluding hydrogens is 268 g/mol. The van der Waals surface area contributed by atoms with E-state index in [0.717, 1.165) is 4.88 Å². The number of ether oxygens (including phenoxy) is 2. The number of nitrogens with one attached hydrogen (secondary N) is 1. The van der Waals surface area contributed by atoms with Crippen molar-refractivity contribution in [3.63, 3.8) is 0 Å². The summed E-state index contributed by atoms with van der Waals surface area (Å²) >= 11 is 1.22. The van der Waals surface area contributed by atoms with Crippen LogP contribution in [0.2, 0.25) is 0 Å². The molecule has 0 radical (unpaired) electrons. The Hall–Kier alpha value is -1.89. The Morgan fingerprint density at radius 1 is 1.42 bits per heavy atom. The lowest BCUT2D eigenvalue weighted by atomic mass is 10.2. The Morgan fingerprint density at radius 3 is 2.68 bits per heavy atom. The summed E-state index contributed by atoms with van der Waals surface area (Å²) in [7, 11) is 1.30. The third kappa shape index (κ3) is 6.01. The van der Waals surface area contributed by atoms with Crippen molar-refractivity contribution in [3.05, 3.63) is 17.2 Å². The topological polar surface area (TPSA) is 77.5 Å². The first-order valence-corrected chi connectivity index (χ1v) is 6.33. The zero-order valence-electron chi connectivity index (χ0n) is 11.2. The summed E-state index contributed by atoms with van der Waals surface area (Å²) in [5, 5.41) is 2.92. The van der Waals surface area contributed by atoms with Gasteiger partial charge in [0.2, 0.25) is 0 Å². The molecule has 104 valence electrons. The largest absolute Gasteiger partial charge is 0.466 e. The maximum absolute atomic E-state index is 11.5. The van der Waals surface area contributed by atoms with E-state index in [1.165, 1.54) is 30.7 Å². The highest BCUT2D eigenvalue weighted by molar-refractivity contribution is 7.16. The molecule has 0 aromatic carbocycles. The second-order valence-electron chi connectivity index (χ2n) is 4.55. The molecule has 1 heterocycles. The van der Waals surface area contributed by atoms with E-state index in [-0.39, 0.29) is 0 Å². The minimum absolute atomic E-state index is 0.402. The van der Waals surface area contributed by atoms with E-state index in [4.69, 9.17) is 4.74 Å². The number of carbonyl (C=O) groups excluding carboxylic acids is 2. The summed E-state index contributed by atoms with van der Waals surface area (Å²) in [6.07, 6.45) is 3.82. The number of rotatable bonds is 3. The standard InChI is InChI=1S/C12H16N2O4S/c1-12(2,3)18-11(16)14-10-13-7-8(19-10)5-6-9(15)17-4/h5-7H,1-4H3,(H,13,14,16). The Kier molecular flexibility index (Phi) is 5.05. The summed E-state index contributed by atoms with van der Waals surface area (Å²) in [6, 6.07) is 0. The van der Waals surface area contributed by atoms with Gasteiger partial charge < -0.3 is 9.47 Å². The van der Waals surface area contributed by atoms with E-state index in [9.17, 15) is 9.59 Å². The van der Waals surface area contributed by atoms with Gasteiger partial charge in [0.05, 0.1) is 7.11 Å². The molecule has 7 heteroatoms. The molecule has 1 aromatic rings. The molecular formula is C12H16N2O4S. The van der Waals surface area contributed by atoms with Crippen LogP contribution < -0.4 is 5.32 Å². The molecule has 1 aromatic heterocycles. The molecule has 0 aliphatic heterocycles. The van der Waals surface area contributed by atoms with Gasteiger partial charge in [-0.2, -0.15) is 0 Å². The van der Waals surface area contributed by atoms with Crippen LogP contribution >= 0.6 is 11.3 Å². The maximum atomic E-state index is 11.5. The van der Waals surface area contributed by atoms with Crippen molar-refractivity contribution in [1.82, 2.24) is 4.98 Å². The molecule has 1 amide bonds. The van der Waals surface area contributed by atoms with Gasteiger partial charge >= 0.3 is 12.1 Å². The van der Waals surface area contributed by atoms with Crippen LogP contribution in [0.25, 0.3) is 6.08 Å². The molecule has 1 rings (SSSR count). The zero-order chi connectivity index (χ0) is 14.5. The zero-order valence-corrected chi connectivity index (χ0v) is 12.0. The van der Waals surface area contributed by atoms with Gasteiger partial charge in [-0.05, 0) is 26.8 Å². The molecule has 0 unspecified atom stereocenters. The summed E-state index contributed by atoms with van der Waals surface area (Å²) in [5.41, 5.74) is -0.561. The second kappa shape index (κ2) is 6.33. The van der Waals surface area contributed by atoms with Crippen LogP contribution in [0, 0.1) is 0 Å². The summed E-state index contributed by atoms with van der Waals surface area (Å²) < 4.78 is 9.56. The van der Waals surface area contributed by atoms with Crippen molar-refractivity contribution in [2.45, 2.75) is 26.4 Å². The first-order valence-electron chi connectivity index (χ1n) is 5.52. The highest BCUT2D eigenvalue weighted by atomic mass is 32.1. The van der Waals surface area contributed by atoms with Gasteiger partial charge in [0.25, 0.3) is 0 Å². The van der Waals surface area contributed by atoms with Crippen LogP contribution in [0.5, 0.6) is 0 Å². The molecule has 6 nitrogen and oxygen atoms in total. The van der Waals surface area contributed by atoms with E-state index < -0.39 is 17.7 Å². The number of hydrogen-bond donors (Lipinski definition) is 1. The highest BCUT2D eigenvalue weighted by Crippen LogP contribution is 2.20. The third-order valence-electron chi connectivity index (χ3n) is 1.72. The van der Waals surface area contributed by atoms with E-state index in [0.29, 0.717) is 5.13 Å². The van der Waals surface area contributed by atoms with Crippen molar-refractivity contribution in [1.29, 1.82) is 0 Å². The molecule has 0 aliphatic rings. The van der Waals surface area contributed by atoms with Crippen LogP contribution in [-0.2, 0) is 14.3 Å². The Balaban J connectivity index is 2.58. The quantitative estimate of drug-likeness (QED) is 0.682. The smallest absolute Gasteiger partial charge is 0.413 e. The first kappa shape index (κ1) is 15.2. The predicted octanol–water partition coefficient (Wildman–Crippen LogP) is 2.68. The first-order chi connectivity index (χ1) is 8.80. The highest BCUT2D eigenvalue weighted by Gasteiger charge is 2.17. The van der Waals surface area contributed by atoms with Gasteiger partial charge in [0.1, 0.15) is 5.60 Å². The van der Waals surface area contributed by atoms with Crippen molar-refractivity contribution < 1.29 is 19.1 Å². The fourth-order valence-corrected chi connectivity index (χ4v) is 1.74. The SMILES string of the molecule is COC(=O)C=Cc1cnc(NC(=O)OC(C)(C)C)s1. The minimum atomic E-state index is -0.564. The van der Waals surface area contributed by atoms with Crippen LogP contribution in [0.15, 0.2) is 12.3 Å². The third-order valence-corrected chi connectivity index (χ3v) is 2.59. The van der Waals surface area contributed by atoms with Crippen molar-refractivity contribution in [2.75, 3.05) is 12.4 Å². The van der Waals surface area contributed by atoms with Crippen molar-refractivity contribution >= 4 is 34.6 Å². The number of anilines is 1. The van der Waals surface area contributed by atoms with Crippen LogP contribution in [0.3, 0.4) is 0 Å². The number of carbonyl (C=O) groups is 2. The van der Waals surface area contributed by atoms with Gasteiger partial charge in [0.15, 0.2) is 5.13 Å². The number of nitrogens with zero attached hydrogens (tertiary/aromatic N) is 1. The summed E-state index contributed by atoms with van der Waals surface area (Å²) in [4.78, 5) is 27.1. The van der Waals surface area contributed by atoms with E-state index >= 15 is 0 Å². The average molecular weight is 284 g/mol. The lowest BCUT2D eigenvalue weighted by Gasteiger charge is -2.18. The van der Waals surface area contributed by atoms with Gasteiger partial charge in [0, 0.05) is 17.2 Å². The number of amides is 1. The maximum Gasteiger partial charge on any atom is 0.413 e. The van der Waals surface area contributed by atoms with Gasteiger partial charge in [-0.1, -0.05) is 11.3 Å². The van der Waals surface area contributed by atoms with Gasteiger partial charge in [-0.3, -0.25) is 5.32 Å². The van der Waals surface area contributed by atoms with Crippen molar-refractivity contribution in [3.8, 4) is 0 Å². The molecule has 0 spiro atoms. The lowest BCUT2D eigenvalue weighted by Crippen LogP contribution is -2.27. The summed E-state index contributed by atoms with van der Waals surface area (Å²) in [5.74, 6) is -0.449. The minimum Gasteiger partial charge on any atom is -0.466 e. The molecule has 0 bridgehead atoms.